The topological polar surface area (TPSA) is 46.2 Å². The lowest BCUT2D eigenvalue weighted by atomic mass is 10.1. The van der Waals surface area contributed by atoms with Crippen LogP contribution in [0, 0.1) is 0 Å². The first kappa shape index (κ1) is 18.5. The Morgan fingerprint density at radius 3 is 2.38 bits per heavy atom. The van der Waals surface area contributed by atoms with E-state index in [2.05, 4.69) is 4.72 Å². The highest BCUT2D eigenvalue weighted by atomic mass is 35.5. The molecule has 3 nitrogen and oxygen atoms in total. The van der Waals surface area contributed by atoms with E-state index in [0.29, 0.717) is 10.6 Å². The van der Waals surface area contributed by atoms with Crippen molar-refractivity contribution in [1.82, 2.24) is 4.72 Å². The van der Waals surface area contributed by atoms with Crippen LogP contribution in [0.5, 0.6) is 0 Å². The van der Waals surface area contributed by atoms with Crippen molar-refractivity contribution < 1.29 is 21.6 Å². The summed E-state index contributed by atoms with van der Waals surface area (Å²) in [6.45, 7) is -0.239. The van der Waals surface area contributed by atoms with Crippen LogP contribution < -0.4 is 4.72 Å². The lowest BCUT2D eigenvalue weighted by Crippen LogP contribution is -2.20. The summed E-state index contributed by atoms with van der Waals surface area (Å²) in [6, 6.07) is 11.0. The molecule has 0 saturated carbocycles. The van der Waals surface area contributed by atoms with Gasteiger partial charge < -0.3 is 0 Å². The van der Waals surface area contributed by atoms with E-state index in [1.807, 2.05) is 0 Å². The molecule has 1 N–H and O–H groups in total. The molecular weight excluding hydrogens is 363 g/mol. The van der Waals surface area contributed by atoms with Crippen molar-refractivity contribution in [2.75, 3.05) is 0 Å². The van der Waals surface area contributed by atoms with Crippen LogP contribution in [0.25, 0.3) is 6.08 Å². The molecule has 0 atom stereocenters. The van der Waals surface area contributed by atoms with Gasteiger partial charge in [0.15, 0.2) is 0 Å². The minimum atomic E-state index is -4.47. The maximum atomic E-state index is 12.6. The van der Waals surface area contributed by atoms with Gasteiger partial charge in [-0.15, -0.1) is 0 Å². The maximum Gasteiger partial charge on any atom is 0.416 e. The molecule has 0 radical (unpaired) electrons. The van der Waals surface area contributed by atoms with E-state index in [1.165, 1.54) is 18.2 Å². The van der Waals surface area contributed by atoms with E-state index in [1.54, 1.807) is 24.3 Å². The highest BCUT2D eigenvalue weighted by Gasteiger charge is 2.30. The fourth-order valence-electron chi connectivity index (χ4n) is 1.83. The van der Waals surface area contributed by atoms with Crippen molar-refractivity contribution >= 4 is 27.7 Å². The Morgan fingerprint density at radius 2 is 1.75 bits per heavy atom. The van der Waals surface area contributed by atoms with Crippen LogP contribution >= 0.6 is 11.6 Å². The Labute approximate surface area is 142 Å². The highest BCUT2D eigenvalue weighted by molar-refractivity contribution is 7.92. The first-order chi connectivity index (χ1) is 11.2. The van der Waals surface area contributed by atoms with Gasteiger partial charge in [-0.2, -0.15) is 13.2 Å². The Bertz CT molecular complexity index is 831. The molecule has 0 aliphatic heterocycles. The number of rotatable bonds is 5. The smallest absolute Gasteiger partial charge is 0.208 e. The fourth-order valence-corrected chi connectivity index (χ4v) is 2.76. The number of nitrogens with one attached hydrogen (secondary N) is 1. The van der Waals surface area contributed by atoms with E-state index in [-0.39, 0.29) is 12.1 Å². The summed E-state index contributed by atoms with van der Waals surface area (Å²) in [5.41, 5.74) is 0.0213. The third kappa shape index (κ3) is 5.67. The third-order valence-corrected chi connectivity index (χ3v) is 4.33. The van der Waals surface area contributed by atoms with Crippen LogP contribution in [0.4, 0.5) is 13.2 Å². The minimum absolute atomic E-state index is 0.216. The van der Waals surface area contributed by atoms with Crippen LogP contribution in [0.3, 0.4) is 0 Å². The molecule has 8 heteroatoms. The molecule has 2 aromatic rings. The molecule has 2 aromatic carbocycles. The van der Waals surface area contributed by atoms with Gasteiger partial charge in [0.2, 0.25) is 10.0 Å². The largest absolute Gasteiger partial charge is 0.416 e. The summed E-state index contributed by atoms with van der Waals surface area (Å²) in [6.07, 6.45) is -3.10. The lowest BCUT2D eigenvalue weighted by molar-refractivity contribution is -0.137. The summed E-state index contributed by atoms with van der Waals surface area (Å²) in [7, 11) is -3.78. The Hall–Kier alpha value is -1.83. The lowest BCUT2D eigenvalue weighted by Gasteiger charge is -2.09. The number of hydrogen-bond acceptors (Lipinski definition) is 2. The number of halogens is 4. The van der Waals surface area contributed by atoms with Crippen LogP contribution in [-0.2, 0) is 22.7 Å². The molecule has 0 saturated heterocycles. The second kappa shape index (κ2) is 7.38. The van der Waals surface area contributed by atoms with Gasteiger partial charge in [0.25, 0.3) is 0 Å². The zero-order valence-corrected chi connectivity index (χ0v) is 13.8. The van der Waals surface area contributed by atoms with Crippen molar-refractivity contribution in [1.29, 1.82) is 0 Å². The Morgan fingerprint density at radius 1 is 1.08 bits per heavy atom. The summed E-state index contributed by atoms with van der Waals surface area (Å²) < 4.78 is 63.8. The van der Waals surface area contributed by atoms with Gasteiger partial charge in [0.1, 0.15) is 0 Å². The second-order valence-electron chi connectivity index (χ2n) is 4.92. The first-order valence-corrected chi connectivity index (χ1v) is 8.68. The van der Waals surface area contributed by atoms with Crippen LogP contribution in [0.2, 0.25) is 5.02 Å². The molecule has 0 bridgehead atoms. The van der Waals surface area contributed by atoms with Gasteiger partial charge in [0, 0.05) is 17.0 Å². The monoisotopic (exact) mass is 375 g/mol. The van der Waals surface area contributed by atoms with Crippen molar-refractivity contribution in [2.24, 2.45) is 0 Å². The molecule has 0 spiro atoms. The quantitative estimate of drug-likeness (QED) is 0.839. The summed E-state index contributed by atoms with van der Waals surface area (Å²) in [5, 5.41) is 1.47. The summed E-state index contributed by atoms with van der Waals surface area (Å²) in [4.78, 5) is 0. The molecule has 0 amide bonds. The summed E-state index contributed by atoms with van der Waals surface area (Å²) >= 11 is 5.73. The predicted octanol–water partition coefficient (Wildman–Crippen LogP) is 4.45. The Balaban J connectivity index is 2.04. The molecule has 0 aliphatic carbocycles. The van der Waals surface area contributed by atoms with Crippen LogP contribution in [0.1, 0.15) is 16.7 Å². The summed E-state index contributed by atoms with van der Waals surface area (Å²) in [5.74, 6) is 0. The molecule has 0 fully saturated rings. The molecule has 0 unspecified atom stereocenters. The zero-order chi connectivity index (χ0) is 17.8. The molecular formula is C16H13ClF3NO2S. The van der Waals surface area contributed by atoms with Gasteiger partial charge in [-0.1, -0.05) is 41.9 Å². The third-order valence-electron chi connectivity index (χ3n) is 3.04. The predicted molar refractivity (Wildman–Crippen MR) is 87.7 cm³/mol. The molecule has 24 heavy (non-hydrogen) atoms. The highest BCUT2D eigenvalue weighted by Crippen LogP contribution is 2.29. The minimum Gasteiger partial charge on any atom is -0.208 e. The van der Waals surface area contributed by atoms with Gasteiger partial charge in [-0.3, -0.25) is 0 Å². The number of alkyl halides is 3. The molecule has 0 aliphatic rings. The van der Waals surface area contributed by atoms with E-state index < -0.39 is 21.8 Å². The van der Waals surface area contributed by atoms with Gasteiger partial charge in [0.05, 0.1) is 5.56 Å². The number of hydrogen-bond donors (Lipinski definition) is 1. The van der Waals surface area contributed by atoms with Crippen molar-refractivity contribution in [3.05, 3.63) is 75.7 Å². The fraction of sp³-hybridized carbons (Fsp3) is 0.125. The van der Waals surface area contributed by atoms with Crippen LogP contribution in [0.15, 0.2) is 53.9 Å². The number of benzene rings is 2. The van der Waals surface area contributed by atoms with Crippen molar-refractivity contribution in [3.63, 3.8) is 0 Å². The van der Waals surface area contributed by atoms with Crippen LogP contribution in [-0.4, -0.2) is 8.42 Å². The SMILES string of the molecule is O=S(=O)(/C=C/c1ccc(Cl)cc1)NCc1cccc(C(F)(F)F)c1. The molecule has 2 rings (SSSR count). The molecule has 0 heterocycles. The first-order valence-electron chi connectivity index (χ1n) is 6.75. The van der Waals surface area contributed by atoms with Gasteiger partial charge in [-0.05, 0) is 35.4 Å². The van der Waals surface area contributed by atoms with Gasteiger partial charge >= 0.3 is 6.18 Å². The number of sulfonamides is 1. The normalized spacial score (nSPS) is 12.7. The Kier molecular flexibility index (Phi) is 5.69. The van der Waals surface area contributed by atoms with E-state index in [0.717, 1.165) is 17.5 Å². The van der Waals surface area contributed by atoms with Gasteiger partial charge in [-0.25, -0.2) is 13.1 Å². The average Bonchev–Trinajstić information content (AvgIpc) is 2.52. The molecule has 0 aromatic heterocycles. The van der Waals surface area contributed by atoms with Crippen molar-refractivity contribution in [2.45, 2.75) is 12.7 Å². The van der Waals surface area contributed by atoms with E-state index in [4.69, 9.17) is 11.6 Å². The maximum absolute atomic E-state index is 12.6. The van der Waals surface area contributed by atoms with E-state index >= 15 is 0 Å². The average molecular weight is 376 g/mol. The second-order valence-corrected chi connectivity index (χ2v) is 7.01. The standard InChI is InChI=1S/C16H13ClF3NO2S/c17-15-6-4-12(5-7-15)8-9-24(22,23)21-11-13-2-1-3-14(10-13)16(18,19)20/h1-10,21H,11H2/b9-8+. The van der Waals surface area contributed by atoms with Crippen molar-refractivity contribution in [3.8, 4) is 0 Å². The molecule has 128 valence electrons. The zero-order valence-electron chi connectivity index (χ0n) is 12.2. The van der Waals surface area contributed by atoms with E-state index in [9.17, 15) is 21.6 Å².